The van der Waals surface area contributed by atoms with Gasteiger partial charge in [0.25, 0.3) is 0 Å². The van der Waals surface area contributed by atoms with E-state index in [0.717, 1.165) is 29.9 Å². The van der Waals surface area contributed by atoms with Gasteiger partial charge in [-0.3, -0.25) is 0 Å². The van der Waals surface area contributed by atoms with Crippen LogP contribution in [0, 0.1) is 0 Å². The van der Waals surface area contributed by atoms with Gasteiger partial charge in [0.05, 0.1) is 18.1 Å². The van der Waals surface area contributed by atoms with Gasteiger partial charge in [-0.05, 0) is 26.2 Å². The zero-order chi connectivity index (χ0) is 12.4. The lowest BCUT2D eigenvalue weighted by Gasteiger charge is -2.11. The maximum atomic E-state index is 5.92. The number of nitrogens with zero attached hydrogens (tertiary/aromatic N) is 3. The van der Waals surface area contributed by atoms with Gasteiger partial charge >= 0.3 is 0 Å². The molecule has 0 fully saturated rings. The molecular formula is C12H18N4O. The van der Waals surface area contributed by atoms with Crippen LogP contribution in [-0.2, 0) is 6.54 Å². The Morgan fingerprint density at radius 3 is 2.82 bits per heavy atom. The second-order valence-electron chi connectivity index (χ2n) is 4.28. The van der Waals surface area contributed by atoms with Crippen molar-refractivity contribution in [2.75, 3.05) is 33.5 Å². The van der Waals surface area contributed by atoms with Gasteiger partial charge in [0.2, 0.25) is 5.95 Å². The van der Waals surface area contributed by atoms with Gasteiger partial charge in [0, 0.05) is 19.2 Å². The number of benzene rings is 1. The van der Waals surface area contributed by atoms with Crippen LogP contribution in [0.3, 0.4) is 0 Å². The van der Waals surface area contributed by atoms with Gasteiger partial charge in [0.1, 0.15) is 5.75 Å². The van der Waals surface area contributed by atoms with Crippen LogP contribution in [0.4, 0.5) is 5.95 Å². The third-order valence-electron chi connectivity index (χ3n) is 2.76. The Morgan fingerprint density at radius 2 is 2.18 bits per heavy atom. The van der Waals surface area contributed by atoms with Crippen molar-refractivity contribution in [3.05, 3.63) is 18.2 Å². The van der Waals surface area contributed by atoms with Crippen molar-refractivity contribution in [1.29, 1.82) is 0 Å². The minimum atomic E-state index is 0.551. The lowest BCUT2D eigenvalue weighted by Crippen LogP contribution is -2.19. The number of fused-ring (bicyclic) bond motifs is 1. The van der Waals surface area contributed by atoms with Crippen molar-refractivity contribution in [2.24, 2.45) is 0 Å². The van der Waals surface area contributed by atoms with E-state index in [9.17, 15) is 0 Å². The summed E-state index contributed by atoms with van der Waals surface area (Å²) in [7, 11) is 5.73. The number of nitrogens with two attached hydrogens (primary N) is 1. The molecule has 0 radical (unpaired) electrons. The maximum absolute atomic E-state index is 5.92. The average molecular weight is 234 g/mol. The quantitative estimate of drug-likeness (QED) is 0.863. The molecule has 5 heteroatoms. The second kappa shape index (κ2) is 4.63. The summed E-state index contributed by atoms with van der Waals surface area (Å²) in [5, 5.41) is 0. The SMILES string of the molecule is COc1ccc2c(c1)nc(N)n2CCN(C)C. The van der Waals surface area contributed by atoms with Gasteiger partial charge in [-0.2, -0.15) is 0 Å². The predicted octanol–water partition coefficient (Wildman–Crippen LogP) is 1.19. The first kappa shape index (κ1) is 11.7. The molecule has 1 heterocycles. The zero-order valence-electron chi connectivity index (χ0n) is 10.5. The highest BCUT2D eigenvalue weighted by Crippen LogP contribution is 2.22. The maximum Gasteiger partial charge on any atom is 0.201 e. The van der Waals surface area contributed by atoms with E-state index in [2.05, 4.69) is 9.88 Å². The Labute approximate surface area is 101 Å². The Morgan fingerprint density at radius 1 is 1.41 bits per heavy atom. The zero-order valence-corrected chi connectivity index (χ0v) is 10.5. The molecule has 0 aliphatic heterocycles. The number of nitrogen functional groups attached to an aromatic ring is 1. The van der Waals surface area contributed by atoms with Crippen LogP contribution in [-0.4, -0.2) is 42.2 Å². The number of ether oxygens (including phenoxy) is 1. The fraction of sp³-hybridized carbons (Fsp3) is 0.417. The first-order valence-corrected chi connectivity index (χ1v) is 5.56. The third kappa shape index (κ3) is 2.34. The lowest BCUT2D eigenvalue weighted by molar-refractivity contribution is 0.387. The molecule has 0 aliphatic carbocycles. The van der Waals surface area contributed by atoms with Crippen molar-refractivity contribution >= 4 is 17.0 Å². The van der Waals surface area contributed by atoms with Crippen molar-refractivity contribution in [1.82, 2.24) is 14.5 Å². The van der Waals surface area contributed by atoms with Crippen LogP contribution in [0.2, 0.25) is 0 Å². The topological polar surface area (TPSA) is 56.3 Å². The van der Waals surface area contributed by atoms with E-state index in [1.54, 1.807) is 7.11 Å². The summed E-state index contributed by atoms with van der Waals surface area (Å²) < 4.78 is 7.19. The summed E-state index contributed by atoms with van der Waals surface area (Å²) in [6.45, 7) is 1.77. The molecule has 2 rings (SSSR count). The van der Waals surface area contributed by atoms with E-state index < -0.39 is 0 Å². The fourth-order valence-corrected chi connectivity index (χ4v) is 1.79. The van der Waals surface area contributed by atoms with E-state index in [1.807, 2.05) is 36.9 Å². The molecule has 17 heavy (non-hydrogen) atoms. The van der Waals surface area contributed by atoms with Gasteiger partial charge in [-0.15, -0.1) is 0 Å². The minimum Gasteiger partial charge on any atom is -0.497 e. The summed E-state index contributed by atoms with van der Waals surface area (Å²) in [5.74, 6) is 1.35. The van der Waals surface area contributed by atoms with Crippen LogP contribution in [0.25, 0.3) is 11.0 Å². The summed E-state index contributed by atoms with van der Waals surface area (Å²) in [4.78, 5) is 6.46. The number of likely N-dealkylation sites (N-methyl/N-ethyl adjacent to an activating group) is 1. The molecule has 0 amide bonds. The first-order valence-electron chi connectivity index (χ1n) is 5.56. The van der Waals surface area contributed by atoms with E-state index in [-0.39, 0.29) is 0 Å². The molecule has 0 aliphatic rings. The molecule has 0 bridgehead atoms. The molecule has 0 saturated heterocycles. The van der Waals surface area contributed by atoms with Gasteiger partial charge in [-0.1, -0.05) is 0 Å². The van der Waals surface area contributed by atoms with E-state index in [1.165, 1.54) is 0 Å². The lowest BCUT2D eigenvalue weighted by atomic mass is 10.3. The Kier molecular flexibility index (Phi) is 3.19. The number of aromatic nitrogens is 2. The van der Waals surface area contributed by atoms with Crippen LogP contribution >= 0.6 is 0 Å². The summed E-state index contributed by atoms with van der Waals surface area (Å²) in [5.41, 5.74) is 7.85. The van der Waals surface area contributed by atoms with Gasteiger partial charge in [-0.25, -0.2) is 4.98 Å². The van der Waals surface area contributed by atoms with Gasteiger partial charge in [0.15, 0.2) is 0 Å². The minimum absolute atomic E-state index is 0.551. The van der Waals surface area contributed by atoms with Gasteiger partial charge < -0.3 is 19.9 Å². The van der Waals surface area contributed by atoms with Crippen molar-refractivity contribution in [2.45, 2.75) is 6.54 Å². The third-order valence-corrected chi connectivity index (χ3v) is 2.76. The number of methoxy groups -OCH3 is 1. The number of anilines is 1. The molecule has 0 unspecified atom stereocenters. The molecule has 0 saturated carbocycles. The summed E-state index contributed by atoms with van der Waals surface area (Å²) >= 11 is 0. The highest BCUT2D eigenvalue weighted by atomic mass is 16.5. The number of hydrogen-bond acceptors (Lipinski definition) is 4. The largest absolute Gasteiger partial charge is 0.497 e. The van der Waals surface area contributed by atoms with Crippen LogP contribution in [0.5, 0.6) is 5.75 Å². The number of hydrogen-bond donors (Lipinski definition) is 1. The average Bonchev–Trinajstić information content (AvgIpc) is 2.60. The normalized spacial score (nSPS) is 11.3. The fourth-order valence-electron chi connectivity index (χ4n) is 1.79. The van der Waals surface area contributed by atoms with Crippen molar-refractivity contribution < 1.29 is 4.74 Å². The predicted molar refractivity (Wildman–Crippen MR) is 69.3 cm³/mol. The second-order valence-corrected chi connectivity index (χ2v) is 4.28. The molecule has 92 valence electrons. The monoisotopic (exact) mass is 234 g/mol. The van der Waals surface area contributed by atoms with E-state index in [4.69, 9.17) is 10.5 Å². The number of rotatable bonds is 4. The highest BCUT2D eigenvalue weighted by Gasteiger charge is 2.08. The number of imidazole rings is 1. The molecule has 0 spiro atoms. The highest BCUT2D eigenvalue weighted by molar-refractivity contribution is 5.79. The van der Waals surface area contributed by atoms with Crippen LogP contribution in [0.15, 0.2) is 18.2 Å². The smallest absolute Gasteiger partial charge is 0.201 e. The molecule has 2 N–H and O–H groups in total. The standard InChI is InChI=1S/C12H18N4O/c1-15(2)6-7-16-11-5-4-9(17-3)8-10(11)14-12(16)13/h4-5,8H,6-7H2,1-3H3,(H2,13,14). The molecule has 1 aromatic heterocycles. The molecule has 0 atom stereocenters. The Hall–Kier alpha value is -1.75. The van der Waals surface area contributed by atoms with Crippen LogP contribution < -0.4 is 10.5 Å². The van der Waals surface area contributed by atoms with E-state index >= 15 is 0 Å². The molecule has 5 nitrogen and oxygen atoms in total. The van der Waals surface area contributed by atoms with Crippen molar-refractivity contribution in [3.63, 3.8) is 0 Å². The molecular weight excluding hydrogens is 216 g/mol. The van der Waals surface area contributed by atoms with Crippen LogP contribution in [0.1, 0.15) is 0 Å². The molecule has 1 aromatic carbocycles. The van der Waals surface area contributed by atoms with Crippen molar-refractivity contribution in [3.8, 4) is 5.75 Å². The summed E-state index contributed by atoms with van der Waals surface area (Å²) in [6.07, 6.45) is 0. The van der Waals surface area contributed by atoms with E-state index in [0.29, 0.717) is 5.95 Å². The Balaban J connectivity index is 2.38. The Bertz CT molecular complexity index is 518. The molecule has 2 aromatic rings. The summed E-state index contributed by atoms with van der Waals surface area (Å²) in [6, 6.07) is 5.82. The first-order chi connectivity index (χ1) is 8.11.